The molecule has 0 bridgehead atoms. The van der Waals surface area contributed by atoms with Crippen LogP contribution in [0.1, 0.15) is 0 Å². The maximum absolute atomic E-state index is 8.56. The molecule has 14 heavy (non-hydrogen) atoms. The van der Waals surface area contributed by atoms with Crippen LogP contribution in [0.25, 0.3) is 17.2 Å². The Labute approximate surface area is 100 Å². The number of carbonyl (C=O) groups is 3. The van der Waals surface area contributed by atoms with Gasteiger partial charge < -0.3 is 46.9 Å². The molecule has 0 heterocycles. The standard InChI is InChI=1S/3CHNO2.2Cr/c3*2-1(3)4;;/h3*(H,3,4);;/q3*-2;2*+3. The monoisotopic (exact) mass is 281 g/mol. The van der Waals surface area contributed by atoms with Crippen LogP contribution < -0.4 is 0 Å². The largest absolute Gasteiger partial charge is 3.00 e. The second-order valence-electron chi connectivity index (χ2n) is 0.848. The molecule has 0 unspecified atom stereocenters. The number of amides is 3. The smallest absolute Gasteiger partial charge is 1.45 e. The molecule has 0 aromatic carbocycles. The van der Waals surface area contributed by atoms with Crippen LogP contribution in [0.15, 0.2) is 0 Å². The zero-order valence-electron chi connectivity index (χ0n) is 6.22. The van der Waals surface area contributed by atoms with E-state index in [0.29, 0.717) is 0 Å². The Morgan fingerprint density at radius 1 is 0.643 bits per heavy atom. The van der Waals surface area contributed by atoms with Gasteiger partial charge in [-0.1, -0.05) is 0 Å². The third-order valence-electron chi connectivity index (χ3n) is 0. The Hall–Kier alpha value is -1.13. The van der Waals surface area contributed by atoms with Crippen molar-refractivity contribution >= 4 is 18.3 Å². The van der Waals surface area contributed by atoms with Crippen molar-refractivity contribution in [2.75, 3.05) is 0 Å². The Bertz CT molecular complexity index is 124. The molecule has 0 atom stereocenters. The van der Waals surface area contributed by atoms with E-state index >= 15 is 0 Å². The van der Waals surface area contributed by atoms with Gasteiger partial charge in [-0.2, -0.15) is 0 Å². The molecule has 0 spiro atoms. The van der Waals surface area contributed by atoms with Gasteiger partial charge in [0.15, 0.2) is 0 Å². The summed E-state index contributed by atoms with van der Waals surface area (Å²) in [5.74, 6) is 0. The zero-order valence-corrected chi connectivity index (χ0v) is 8.77. The van der Waals surface area contributed by atoms with Crippen LogP contribution in [0.3, 0.4) is 0 Å². The van der Waals surface area contributed by atoms with E-state index in [9.17, 15) is 0 Å². The number of rotatable bonds is 0. The maximum Gasteiger partial charge on any atom is 3.00 e. The fourth-order valence-corrected chi connectivity index (χ4v) is 0. The van der Waals surface area contributed by atoms with Gasteiger partial charge in [-0.05, 0) is 0 Å². The molecule has 0 fully saturated rings. The fourth-order valence-electron chi connectivity index (χ4n) is 0. The van der Waals surface area contributed by atoms with Gasteiger partial charge in [0.25, 0.3) is 0 Å². The molecule has 0 aromatic rings. The van der Waals surface area contributed by atoms with Crippen molar-refractivity contribution in [3.8, 4) is 0 Å². The summed E-state index contributed by atoms with van der Waals surface area (Å²) in [5.41, 5.74) is 20.9. The van der Waals surface area contributed by atoms with E-state index in [1.54, 1.807) is 0 Å². The summed E-state index contributed by atoms with van der Waals surface area (Å²) < 4.78 is 0. The predicted molar refractivity (Wildman–Crippen MR) is 34.2 cm³/mol. The van der Waals surface area contributed by atoms with Crippen LogP contribution in [0.4, 0.5) is 14.4 Å². The molecule has 0 aliphatic rings. The van der Waals surface area contributed by atoms with Crippen molar-refractivity contribution < 1.29 is 64.4 Å². The summed E-state index contributed by atoms with van der Waals surface area (Å²) in [7, 11) is 0. The molecule has 9 nitrogen and oxygen atoms in total. The molecule has 0 saturated carbocycles. The molecule has 0 saturated heterocycles. The quantitative estimate of drug-likeness (QED) is 0.604. The summed E-state index contributed by atoms with van der Waals surface area (Å²) in [5, 5.41) is 20.9. The van der Waals surface area contributed by atoms with E-state index in [0.717, 1.165) is 0 Å². The van der Waals surface area contributed by atoms with Crippen LogP contribution in [0.5, 0.6) is 0 Å². The van der Waals surface area contributed by atoms with Crippen molar-refractivity contribution in [3.05, 3.63) is 17.2 Å². The second kappa shape index (κ2) is 22.6. The van der Waals surface area contributed by atoms with Gasteiger partial charge in [0.2, 0.25) is 0 Å². The van der Waals surface area contributed by atoms with E-state index in [1.807, 2.05) is 0 Å². The van der Waals surface area contributed by atoms with Crippen LogP contribution >= 0.6 is 0 Å². The first-order valence-corrected chi connectivity index (χ1v) is 1.95. The van der Waals surface area contributed by atoms with Gasteiger partial charge in [0.05, 0.1) is 0 Å². The molecule has 78 valence electrons. The predicted octanol–water partition coefficient (Wildman–Crippen LogP) is 1.50. The fraction of sp³-hybridized carbons (Fsp3) is 0. The molecule has 2 radical (unpaired) electrons. The van der Waals surface area contributed by atoms with Crippen LogP contribution in [-0.4, -0.2) is 33.6 Å². The Balaban J connectivity index is -0.0000000270. The molecule has 3 N–H and O–H groups in total. The third kappa shape index (κ3) is 838. The van der Waals surface area contributed by atoms with E-state index in [2.05, 4.69) is 0 Å². The van der Waals surface area contributed by atoms with Crippen LogP contribution in [-0.2, 0) is 34.7 Å². The maximum atomic E-state index is 8.56. The molecule has 0 aliphatic carbocycles. The summed E-state index contributed by atoms with van der Waals surface area (Å²) in [4.78, 5) is 25.7. The first-order chi connectivity index (χ1) is 5.20. The Morgan fingerprint density at radius 3 is 0.643 bits per heavy atom. The second-order valence-corrected chi connectivity index (χ2v) is 0.848. The van der Waals surface area contributed by atoms with Gasteiger partial charge in [-0.15, -0.1) is 0 Å². The van der Waals surface area contributed by atoms with E-state index in [4.69, 9.17) is 46.9 Å². The molecule has 0 aromatic heterocycles. The summed E-state index contributed by atoms with van der Waals surface area (Å²) in [6, 6.07) is 0. The third-order valence-corrected chi connectivity index (χ3v) is 0. The molecule has 0 rings (SSSR count). The first-order valence-electron chi connectivity index (χ1n) is 1.95. The molecule has 11 heteroatoms. The zero-order chi connectivity index (χ0) is 10.7. The van der Waals surface area contributed by atoms with E-state index in [-0.39, 0.29) is 34.7 Å². The molecular weight excluding hydrogens is 278 g/mol. The van der Waals surface area contributed by atoms with Gasteiger partial charge in [-0.25, -0.2) is 0 Å². The van der Waals surface area contributed by atoms with Crippen molar-refractivity contribution in [1.29, 1.82) is 0 Å². The average molecular weight is 281 g/mol. The number of hydrogen-bond acceptors (Lipinski definition) is 3. The number of carboxylic acid groups (broad SMARTS) is 3. The molecule has 3 amide bonds. The normalized spacial score (nSPS) is 5.14. The van der Waals surface area contributed by atoms with Gasteiger partial charge >= 0.3 is 34.7 Å². The van der Waals surface area contributed by atoms with Crippen LogP contribution in [0.2, 0.25) is 0 Å². The van der Waals surface area contributed by atoms with Gasteiger partial charge in [-0.3, -0.25) is 0 Å². The minimum atomic E-state index is -1.83. The van der Waals surface area contributed by atoms with Gasteiger partial charge in [0.1, 0.15) is 0 Å². The summed E-state index contributed by atoms with van der Waals surface area (Å²) in [6.45, 7) is 0. The van der Waals surface area contributed by atoms with Crippen molar-refractivity contribution in [3.63, 3.8) is 0 Å². The number of hydrogen-bond donors (Lipinski definition) is 3. The Morgan fingerprint density at radius 2 is 0.643 bits per heavy atom. The van der Waals surface area contributed by atoms with Crippen LogP contribution in [0, 0.1) is 0 Å². The molecular formula is C3H3Cr2N3O6. The van der Waals surface area contributed by atoms with Crippen molar-refractivity contribution in [1.82, 2.24) is 0 Å². The average Bonchev–Trinajstić information content (AvgIpc) is 1.54. The topological polar surface area (TPSA) is 179 Å². The first kappa shape index (κ1) is 29.3. The van der Waals surface area contributed by atoms with Crippen molar-refractivity contribution in [2.45, 2.75) is 0 Å². The van der Waals surface area contributed by atoms with Gasteiger partial charge in [0, 0.05) is 18.3 Å². The number of nitrogens with zero attached hydrogens (tertiary/aromatic N) is 3. The summed E-state index contributed by atoms with van der Waals surface area (Å²) in [6.07, 6.45) is -5.50. The van der Waals surface area contributed by atoms with E-state index < -0.39 is 18.3 Å². The van der Waals surface area contributed by atoms with E-state index in [1.165, 1.54) is 0 Å². The minimum absolute atomic E-state index is 0. The SMILES string of the molecule is [Cr+3].[Cr+3].[N-2]C(=O)O.[N-2]C(=O)O.[N-2]C(=O)O. The molecule has 0 aliphatic heterocycles. The van der Waals surface area contributed by atoms with Crippen molar-refractivity contribution in [2.24, 2.45) is 0 Å². The Kier molecular flexibility index (Phi) is 47.4. The summed E-state index contributed by atoms with van der Waals surface area (Å²) >= 11 is 0. The minimum Gasteiger partial charge on any atom is -1.45 e.